The molecular weight excluding hydrogens is 426 g/mol. The molecular formula is C32H21N3. The number of aromatic nitrogens is 2. The molecule has 0 bridgehead atoms. The second-order valence-electron chi connectivity index (χ2n) is 9.05. The smallest absolute Gasteiger partial charge is 0.0991 e. The molecule has 0 atom stereocenters. The zero-order valence-electron chi connectivity index (χ0n) is 19.2. The van der Waals surface area contributed by atoms with Gasteiger partial charge in [0.25, 0.3) is 0 Å². The number of hydrogen-bond acceptors (Lipinski definition) is 1. The van der Waals surface area contributed by atoms with E-state index in [1.165, 1.54) is 32.8 Å². The van der Waals surface area contributed by atoms with Crippen molar-refractivity contribution in [2.75, 3.05) is 0 Å². The van der Waals surface area contributed by atoms with E-state index in [0.717, 1.165) is 27.7 Å². The first-order valence-corrected chi connectivity index (χ1v) is 11.7. The summed E-state index contributed by atoms with van der Waals surface area (Å²) in [5.74, 6) is 0. The lowest BCUT2D eigenvalue weighted by Crippen LogP contribution is -1.94. The van der Waals surface area contributed by atoms with E-state index in [9.17, 15) is 5.26 Å². The Morgan fingerprint density at radius 1 is 0.543 bits per heavy atom. The minimum Gasteiger partial charge on any atom is -0.344 e. The van der Waals surface area contributed by atoms with Crippen molar-refractivity contribution in [1.29, 1.82) is 5.26 Å². The van der Waals surface area contributed by atoms with Crippen LogP contribution in [0.5, 0.6) is 0 Å². The van der Waals surface area contributed by atoms with Gasteiger partial charge in [0.15, 0.2) is 0 Å². The summed E-state index contributed by atoms with van der Waals surface area (Å²) in [5, 5.41) is 14.2. The Morgan fingerprint density at radius 3 is 1.89 bits per heavy atom. The van der Waals surface area contributed by atoms with Crippen LogP contribution in [0.3, 0.4) is 0 Å². The van der Waals surface area contributed by atoms with E-state index in [1.54, 1.807) is 0 Å². The summed E-state index contributed by atoms with van der Waals surface area (Å²) in [7, 11) is 2.08. The van der Waals surface area contributed by atoms with Gasteiger partial charge in [0.1, 0.15) is 0 Å². The van der Waals surface area contributed by atoms with Crippen LogP contribution in [0.4, 0.5) is 0 Å². The summed E-state index contributed by atoms with van der Waals surface area (Å²) in [5.41, 5.74) is 8.87. The monoisotopic (exact) mass is 447 g/mol. The van der Waals surface area contributed by atoms with Crippen molar-refractivity contribution in [3.8, 4) is 22.9 Å². The highest BCUT2D eigenvalue weighted by Crippen LogP contribution is 2.35. The van der Waals surface area contributed by atoms with Crippen molar-refractivity contribution < 1.29 is 0 Å². The van der Waals surface area contributed by atoms with Gasteiger partial charge in [-0.15, -0.1) is 0 Å². The maximum Gasteiger partial charge on any atom is 0.0991 e. The molecule has 7 rings (SSSR count). The highest BCUT2D eigenvalue weighted by molar-refractivity contribution is 6.10. The highest BCUT2D eigenvalue weighted by atomic mass is 15.0. The Bertz CT molecular complexity index is 1930. The number of hydrogen-bond donors (Lipinski definition) is 0. The number of rotatable bonds is 2. The minimum atomic E-state index is 0.684. The second kappa shape index (κ2) is 7.35. The standard InChI is InChI=1S/C32H21N3/c1-34-29-15-13-21(20-33)17-27(29)28-19-23(14-16-30(28)34)22-7-6-8-24(18-22)35-31-11-4-2-9-25(31)26-10-3-5-12-32(26)35/h2-19H,1H3. The summed E-state index contributed by atoms with van der Waals surface area (Å²) >= 11 is 0. The van der Waals surface area contributed by atoms with Crippen molar-refractivity contribution >= 4 is 43.6 Å². The molecule has 3 heteroatoms. The zero-order valence-corrected chi connectivity index (χ0v) is 19.2. The van der Waals surface area contributed by atoms with Crippen LogP contribution < -0.4 is 0 Å². The van der Waals surface area contributed by atoms with Gasteiger partial charge < -0.3 is 9.13 Å². The maximum atomic E-state index is 9.42. The molecule has 2 heterocycles. The van der Waals surface area contributed by atoms with E-state index in [4.69, 9.17) is 0 Å². The van der Waals surface area contributed by atoms with Crippen LogP contribution in [0, 0.1) is 11.3 Å². The Morgan fingerprint density at radius 2 is 1.17 bits per heavy atom. The van der Waals surface area contributed by atoms with Crippen LogP contribution in [0.15, 0.2) is 109 Å². The minimum absolute atomic E-state index is 0.684. The summed E-state index contributed by atoms with van der Waals surface area (Å²) in [4.78, 5) is 0. The van der Waals surface area contributed by atoms with E-state index >= 15 is 0 Å². The number of fused-ring (bicyclic) bond motifs is 6. The fourth-order valence-electron chi connectivity index (χ4n) is 5.49. The zero-order chi connectivity index (χ0) is 23.5. The highest BCUT2D eigenvalue weighted by Gasteiger charge is 2.13. The van der Waals surface area contributed by atoms with Crippen molar-refractivity contribution in [2.24, 2.45) is 7.05 Å². The summed E-state index contributed by atoms with van der Waals surface area (Å²) < 4.78 is 4.55. The average molecular weight is 448 g/mol. The Hall–Kier alpha value is -4.81. The molecule has 2 aromatic heterocycles. The van der Waals surface area contributed by atoms with Crippen molar-refractivity contribution in [3.63, 3.8) is 0 Å². The van der Waals surface area contributed by atoms with Gasteiger partial charge in [0.2, 0.25) is 0 Å². The predicted octanol–water partition coefficient (Wildman–Crippen LogP) is 7.97. The predicted molar refractivity (Wildman–Crippen MR) is 145 cm³/mol. The van der Waals surface area contributed by atoms with Gasteiger partial charge in [-0.25, -0.2) is 0 Å². The second-order valence-corrected chi connectivity index (χ2v) is 9.05. The molecule has 0 aliphatic heterocycles. The van der Waals surface area contributed by atoms with E-state index in [1.807, 2.05) is 18.2 Å². The molecule has 0 aliphatic rings. The van der Waals surface area contributed by atoms with E-state index in [-0.39, 0.29) is 0 Å². The molecule has 0 saturated carbocycles. The van der Waals surface area contributed by atoms with E-state index in [2.05, 4.69) is 113 Å². The van der Waals surface area contributed by atoms with Gasteiger partial charge in [0, 0.05) is 45.3 Å². The fourth-order valence-corrected chi connectivity index (χ4v) is 5.49. The van der Waals surface area contributed by atoms with Crippen LogP contribution in [0.25, 0.3) is 60.4 Å². The first kappa shape index (κ1) is 19.6. The summed E-state index contributed by atoms with van der Waals surface area (Å²) in [6.07, 6.45) is 0. The van der Waals surface area contributed by atoms with Gasteiger partial charge >= 0.3 is 0 Å². The number of benzene rings is 5. The topological polar surface area (TPSA) is 33.6 Å². The third-order valence-corrected chi connectivity index (χ3v) is 7.15. The molecule has 0 spiro atoms. The molecule has 7 aromatic rings. The van der Waals surface area contributed by atoms with Crippen molar-refractivity contribution in [1.82, 2.24) is 9.13 Å². The summed E-state index contributed by atoms with van der Waals surface area (Å²) in [6.45, 7) is 0. The Labute approximate surface area is 202 Å². The largest absolute Gasteiger partial charge is 0.344 e. The number of nitriles is 1. The SMILES string of the molecule is Cn1c2ccc(C#N)cc2c2cc(-c3cccc(-n4c5ccccc5c5ccccc54)c3)ccc21. The Balaban J connectivity index is 1.45. The molecule has 0 N–H and O–H groups in total. The van der Waals surface area contributed by atoms with Crippen LogP contribution >= 0.6 is 0 Å². The van der Waals surface area contributed by atoms with E-state index < -0.39 is 0 Å². The normalized spacial score (nSPS) is 11.5. The molecule has 5 aromatic carbocycles. The van der Waals surface area contributed by atoms with Crippen molar-refractivity contribution in [2.45, 2.75) is 0 Å². The molecule has 3 nitrogen and oxygen atoms in total. The fraction of sp³-hybridized carbons (Fsp3) is 0.0312. The molecule has 0 amide bonds. The maximum absolute atomic E-state index is 9.42. The lowest BCUT2D eigenvalue weighted by Gasteiger charge is -2.10. The number of para-hydroxylation sites is 2. The molecule has 0 saturated heterocycles. The molecule has 35 heavy (non-hydrogen) atoms. The number of aryl methyl sites for hydroxylation is 1. The van der Waals surface area contributed by atoms with Gasteiger partial charge in [-0.1, -0.05) is 54.6 Å². The van der Waals surface area contributed by atoms with Crippen LogP contribution in [0.2, 0.25) is 0 Å². The third kappa shape index (κ3) is 2.84. The quantitative estimate of drug-likeness (QED) is 0.265. The lowest BCUT2D eigenvalue weighted by molar-refractivity contribution is 1.01. The van der Waals surface area contributed by atoms with Crippen LogP contribution in [-0.2, 0) is 7.05 Å². The van der Waals surface area contributed by atoms with Gasteiger partial charge in [0.05, 0.1) is 22.7 Å². The molecule has 0 aliphatic carbocycles. The van der Waals surface area contributed by atoms with Gasteiger partial charge in [-0.3, -0.25) is 0 Å². The molecule has 0 radical (unpaired) electrons. The lowest BCUT2D eigenvalue weighted by atomic mass is 10.0. The molecule has 0 unspecified atom stereocenters. The first-order chi connectivity index (χ1) is 17.2. The van der Waals surface area contributed by atoms with Crippen molar-refractivity contribution in [3.05, 3.63) is 115 Å². The first-order valence-electron chi connectivity index (χ1n) is 11.7. The van der Waals surface area contributed by atoms with Gasteiger partial charge in [-0.05, 0) is 65.7 Å². The summed E-state index contributed by atoms with van der Waals surface area (Å²) in [6, 6.07) is 40.8. The van der Waals surface area contributed by atoms with Crippen LogP contribution in [0.1, 0.15) is 5.56 Å². The van der Waals surface area contributed by atoms with Gasteiger partial charge in [-0.2, -0.15) is 5.26 Å². The van der Waals surface area contributed by atoms with E-state index in [0.29, 0.717) is 5.56 Å². The molecule has 164 valence electrons. The number of nitrogens with zero attached hydrogens (tertiary/aromatic N) is 3. The van der Waals surface area contributed by atoms with Crippen LogP contribution in [-0.4, -0.2) is 9.13 Å². The Kier molecular flexibility index (Phi) is 4.12. The third-order valence-electron chi connectivity index (χ3n) is 7.15. The average Bonchev–Trinajstić information content (AvgIpc) is 3.40. The molecule has 0 fully saturated rings.